The Morgan fingerprint density at radius 3 is 2.53 bits per heavy atom. The van der Waals surface area contributed by atoms with Crippen molar-refractivity contribution >= 4 is 5.91 Å². The highest BCUT2D eigenvalue weighted by atomic mass is 19.1. The van der Waals surface area contributed by atoms with E-state index in [0.717, 1.165) is 5.56 Å². The highest BCUT2D eigenvalue weighted by molar-refractivity contribution is 5.81. The summed E-state index contributed by atoms with van der Waals surface area (Å²) in [6.07, 6.45) is -0.655. The van der Waals surface area contributed by atoms with Crippen molar-refractivity contribution in [2.45, 2.75) is 19.1 Å². The minimum atomic E-state index is -0.655. The van der Waals surface area contributed by atoms with Crippen molar-refractivity contribution in [1.82, 2.24) is 5.32 Å². The molecule has 17 heavy (non-hydrogen) atoms. The van der Waals surface area contributed by atoms with Crippen LogP contribution >= 0.6 is 0 Å². The van der Waals surface area contributed by atoms with Crippen LogP contribution in [0.15, 0.2) is 24.3 Å². The van der Waals surface area contributed by atoms with Gasteiger partial charge in [-0.05, 0) is 24.6 Å². The maximum Gasteiger partial charge on any atom is 0.250 e. The van der Waals surface area contributed by atoms with E-state index in [0.29, 0.717) is 0 Å². The summed E-state index contributed by atoms with van der Waals surface area (Å²) in [6.45, 7) is 1.94. The zero-order valence-corrected chi connectivity index (χ0v) is 9.94. The van der Waals surface area contributed by atoms with E-state index >= 15 is 0 Å². The molecule has 2 atom stereocenters. The Balaban J connectivity index is 2.62. The first-order chi connectivity index (χ1) is 8.08. The van der Waals surface area contributed by atoms with E-state index in [1.165, 1.54) is 19.2 Å². The highest BCUT2D eigenvalue weighted by Gasteiger charge is 2.18. The second-order valence-corrected chi connectivity index (χ2v) is 3.74. The second kappa shape index (κ2) is 6.32. The number of carbonyl (C=O) groups excluding carboxylic acids is 1. The van der Waals surface area contributed by atoms with Crippen LogP contribution in [0.1, 0.15) is 18.5 Å². The second-order valence-electron chi connectivity index (χ2n) is 3.74. The Bertz CT molecular complexity index is 363. The van der Waals surface area contributed by atoms with Gasteiger partial charge in [0, 0.05) is 13.7 Å². The van der Waals surface area contributed by atoms with Gasteiger partial charge in [0.05, 0.1) is 6.04 Å². The van der Waals surface area contributed by atoms with Crippen molar-refractivity contribution < 1.29 is 13.9 Å². The van der Waals surface area contributed by atoms with Gasteiger partial charge >= 0.3 is 0 Å². The van der Waals surface area contributed by atoms with Crippen LogP contribution in [-0.4, -0.2) is 25.7 Å². The fourth-order valence-corrected chi connectivity index (χ4v) is 1.45. The van der Waals surface area contributed by atoms with Gasteiger partial charge in [0.15, 0.2) is 0 Å². The summed E-state index contributed by atoms with van der Waals surface area (Å²) < 4.78 is 17.6. The van der Waals surface area contributed by atoms with E-state index in [9.17, 15) is 9.18 Å². The summed E-state index contributed by atoms with van der Waals surface area (Å²) >= 11 is 0. The van der Waals surface area contributed by atoms with Gasteiger partial charge in [-0.2, -0.15) is 0 Å². The van der Waals surface area contributed by atoms with Crippen molar-refractivity contribution in [3.8, 4) is 0 Å². The van der Waals surface area contributed by atoms with E-state index in [-0.39, 0.29) is 24.3 Å². The molecule has 0 aliphatic carbocycles. The third-order valence-corrected chi connectivity index (χ3v) is 2.52. The van der Waals surface area contributed by atoms with E-state index in [4.69, 9.17) is 10.5 Å². The van der Waals surface area contributed by atoms with Crippen LogP contribution in [-0.2, 0) is 9.53 Å². The number of methoxy groups -OCH3 is 1. The first-order valence-corrected chi connectivity index (χ1v) is 5.37. The van der Waals surface area contributed by atoms with Crippen molar-refractivity contribution in [2.24, 2.45) is 5.73 Å². The van der Waals surface area contributed by atoms with Crippen LogP contribution in [0.5, 0.6) is 0 Å². The lowest BCUT2D eigenvalue weighted by atomic mass is 10.1. The first-order valence-electron chi connectivity index (χ1n) is 5.37. The van der Waals surface area contributed by atoms with Crippen molar-refractivity contribution in [2.75, 3.05) is 13.7 Å². The number of ether oxygens (including phenoxy) is 1. The number of benzene rings is 1. The Labute approximate surface area is 100.0 Å². The topological polar surface area (TPSA) is 64.3 Å². The summed E-state index contributed by atoms with van der Waals surface area (Å²) in [4.78, 5) is 11.7. The Hall–Kier alpha value is -1.46. The third kappa shape index (κ3) is 3.80. The molecule has 2 unspecified atom stereocenters. The Morgan fingerprint density at radius 1 is 1.47 bits per heavy atom. The van der Waals surface area contributed by atoms with Gasteiger partial charge in [0.1, 0.15) is 11.9 Å². The molecular formula is C12H17FN2O2. The molecular weight excluding hydrogens is 223 g/mol. The summed E-state index contributed by atoms with van der Waals surface area (Å²) in [5.41, 5.74) is 6.21. The lowest BCUT2D eigenvalue weighted by Crippen LogP contribution is -2.41. The Kier molecular flexibility index (Phi) is 5.06. The standard InChI is InChI=1S/C12H17FN2O2/c1-8(9-3-5-10(13)6-4-9)15-12(16)11(7-14)17-2/h3-6,8,11H,7,14H2,1-2H3,(H,15,16). The van der Waals surface area contributed by atoms with E-state index in [1.807, 2.05) is 6.92 Å². The summed E-state index contributed by atoms with van der Waals surface area (Å²) in [6, 6.07) is 5.76. The molecule has 1 rings (SSSR count). The van der Waals surface area contributed by atoms with E-state index in [1.54, 1.807) is 12.1 Å². The number of hydrogen-bond donors (Lipinski definition) is 2. The van der Waals surface area contributed by atoms with Gasteiger partial charge in [-0.15, -0.1) is 0 Å². The first kappa shape index (κ1) is 13.6. The number of nitrogens with two attached hydrogens (primary N) is 1. The fraction of sp³-hybridized carbons (Fsp3) is 0.417. The molecule has 0 saturated carbocycles. The lowest BCUT2D eigenvalue weighted by molar-refractivity contribution is -0.131. The predicted molar refractivity (Wildman–Crippen MR) is 62.8 cm³/mol. The number of amides is 1. The van der Waals surface area contributed by atoms with Gasteiger partial charge in [0.2, 0.25) is 0 Å². The molecule has 1 aromatic rings. The van der Waals surface area contributed by atoms with Crippen LogP contribution in [0.25, 0.3) is 0 Å². The molecule has 1 amide bonds. The minimum absolute atomic E-state index is 0.123. The summed E-state index contributed by atoms with van der Waals surface area (Å²) in [5, 5.41) is 2.75. The average molecular weight is 240 g/mol. The molecule has 5 heteroatoms. The monoisotopic (exact) mass is 240 g/mol. The highest BCUT2D eigenvalue weighted by Crippen LogP contribution is 2.12. The van der Waals surface area contributed by atoms with Crippen molar-refractivity contribution in [3.05, 3.63) is 35.6 Å². The zero-order valence-electron chi connectivity index (χ0n) is 9.94. The molecule has 1 aromatic carbocycles. The lowest BCUT2D eigenvalue weighted by Gasteiger charge is -2.18. The molecule has 0 bridgehead atoms. The maximum absolute atomic E-state index is 12.7. The fourth-order valence-electron chi connectivity index (χ4n) is 1.45. The number of nitrogens with one attached hydrogen (secondary N) is 1. The van der Waals surface area contributed by atoms with Gasteiger partial charge in [-0.25, -0.2) is 4.39 Å². The van der Waals surface area contributed by atoms with Gasteiger partial charge in [-0.1, -0.05) is 12.1 Å². The Morgan fingerprint density at radius 2 is 2.06 bits per heavy atom. The molecule has 0 aliphatic rings. The third-order valence-electron chi connectivity index (χ3n) is 2.52. The van der Waals surface area contributed by atoms with Crippen LogP contribution in [0.4, 0.5) is 4.39 Å². The molecule has 94 valence electrons. The number of rotatable bonds is 5. The SMILES string of the molecule is COC(CN)C(=O)NC(C)c1ccc(F)cc1. The zero-order chi connectivity index (χ0) is 12.8. The summed E-state index contributed by atoms with van der Waals surface area (Å²) in [7, 11) is 1.43. The van der Waals surface area contributed by atoms with Crippen LogP contribution in [0.3, 0.4) is 0 Å². The molecule has 3 N–H and O–H groups in total. The van der Waals surface area contributed by atoms with Gasteiger partial charge < -0.3 is 15.8 Å². The normalized spacial score (nSPS) is 14.1. The number of hydrogen-bond acceptors (Lipinski definition) is 3. The van der Waals surface area contributed by atoms with Crippen molar-refractivity contribution in [3.63, 3.8) is 0 Å². The van der Waals surface area contributed by atoms with Gasteiger partial charge in [-0.3, -0.25) is 4.79 Å². The van der Waals surface area contributed by atoms with Gasteiger partial charge in [0.25, 0.3) is 5.91 Å². The van der Waals surface area contributed by atoms with Crippen LogP contribution in [0, 0.1) is 5.82 Å². The maximum atomic E-state index is 12.7. The predicted octanol–water partition coefficient (Wildman–Crippen LogP) is 0.977. The van der Waals surface area contributed by atoms with Crippen LogP contribution < -0.4 is 11.1 Å². The van der Waals surface area contributed by atoms with E-state index in [2.05, 4.69) is 5.32 Å². The smallest absolute Gasteiger partial charge is 0.250 e. The summed E-state index contributed by atoms with van der Waals surface area (Å²) in [5.74, 6) is -0.573. The quantitative estimate of drug-likeness (QED) is 0.806. The molecule has 0 fully saturated rings. The minimum Gasteiger partial charge on any atom is -0.370 e. The average Bonchev–Trinajstić information content (AvgIpc) is 2.31. The molecule has 0 radical (unpaired) electrons. The molecule has 0 heterocycles. The molecule has 0 aromatic heterocycles. The number of carbonyl (C=O) groups is 1. The van der Waals surface area contributed by atoms with Crippen molar-refractivity contribution in [1.29, 1.82) is 0 Å². The molecule has 0 spiro atoms. The largest absolute Gasteiger partial charge is 0.370 e. The molecule has 0 aliphatic heterocycles. The van der Waals surface area contributed by atoms with Crippen LogP contribution in [0.2, 0.25) is 0 Å². The number of halogens is 1. The van der Waals surface area contributed by atoms with E-state index < -0.39 is 6.10 Å². The molecule has 0 saturated heterocycles. The molecule has 4 nitrogen and oxygen atoms in total.